The number of nitrogens with one attached hydrogen (secondary N) is 1. The van der Waals surface area contributed by atoms with E-state index < -0.39 is 0 Å². The first-order chi connectivity index (χ1) is 13.7. The predicted molar refractivity (Wildman–Crippen MR) is 105 cm³/mol. The molecule has 144 valence electrons. The lowest BCUT2D eigenvalue weighted by molar-refractivity contribution is 0.115. The summed E-state index contributed by atoms with van der Waals surface area (Å²) in [6, 6.07) is 11.5. The zero-order valence-electron chi connectivity index (χ0n) is 15.7. The van der Waals surface area contributed by atoms with Gasteiger partial charge in [0.15, 0.2) is 5.82 Å². The topological polar surface area (TPSA) is 85.2 Å². The van der Waals surface area contributed by atoms with Crippen LogP contribution in [0.15, 0.2) is 55.0 Å². The molecule has 0 bridgehead atoms. The Balaban J connectivity index is 1.27. The second-order valence-corrected chi connectivity index (χ2v) is 6.77. The van der Waals surface area contributed by atoms with E-state index in [0.717, 1.165) is 18.6 Å². The highest BCUT2D eigenvalue weighted by atomic mass is 16.5. The van der Waals surface area contributed by atoms with E-state index in [1.54, 1.807) is 35.6 Å². The van der Waals surface area contributed by atoms with Crippen LogP contribution in [0.25, 0.3) is 5.82 Å². The van der Waals surface area contributed by atoms with E-state index >= 15 is 0 Å². The van der Waals surface area contributed by atoms with Crippen molar-refractivity contribution in [2.75, 3.05) is 18.4 Å². The number of aryl methyl sites for hydroxylation is 1. The molecule has 0 radical (unpaired) electrons. The number of urea groups is 1. The number of nitrogens with zero attached hydrogens (tertiary/aromatic N) is 5. The van der Waals surface area contributed by atoms with E-state index in [2.05, 4.69) is 27.4 Å². The maximum absolute atomic E-state index is 12.5. The second-order valence-electron chi connectivity index (χ2n) is 6.77. The zero-order valence-corrected chi connectivity index (χ0v) is 15.7. The fourth-order valence-corrected chi connectivity index (χ4v) is 3.10. The Morgan fingerprint density at radius 1 is 1.07 bits per heavy atom. The molecule has 1 aromatic carbocycles. The van der Waals surface area contributed by atoms with Crippen molar-refractivity contribution in [2.24, 2.45) is 0 Å². The fourth-order valence-electron chi connectivity index (χ4n) is 3.10. The van der Waals surface area contributed by atoms with Gasteiger partial charge >= 0.3 is 6.03 Å². The largest absolute Gasteiger partial charge is 0.490 e. The standard InChI is InChI=1S/C20H22N6O2/c1-15-2-5-17(6-3-15)28-18-8-12-25(13-9-18)20(27)24-16-4-7-19(21-14-16)26-22-10-11-23-26/h2-7,10-11,14,18H,8-9,12-13H2,1H3,(H,24,27). The molecule has 0 aliphatic carbocycles. The van der Waals surface area contributed by atoms with Crippen LogP contribution < -0.4 is 10.1 Å². The minimum absolute atomic E-state index is 0.124. The Morgan fingerprint density at radius 3 is 2.43 bits per heavy atom. The molecule has 8 nitrogen and oxygen atoms in total. The summed E-state index contributed by atoms with van der Waals surface area (Å²) in [4.78, 5) is 20.0. The Kier molecular flexibility index (Phi) is 5.18. The molecule has 1 aliphatic rings. The Labute approximate surface area is 163 Å². The SMILES string of the molecule is Cc1ccc(OC2CCN(C(=O)Nc3ccc(-n4nccn4)nc3)CC2)cc1. The lowest BCUT2D eigenvalue weighted by Crippen LogP contribution is -2.43. The highest BCUT2D eigenvalue weighted by Gasteiger charge is 2.24. The van der Waals surface area contributed by atoms with Crippen LogP contribution in [-0.4, -0.2) is 50.1 Å². The van der Waals surface area contributed by atoms with Crippen molar-refractivity contribution in [3.05, 3.63) is 60.6 Å². The zero-order chi connectivity index (χ0) is 19.3. The van der Waals surface area contributed by atoms with Gasteiger partial charge in [-0.05, 0) is 31.2 Å². The molecule has 2 amide bonds. The summed E-state index contributed by atoms with van der Waals surface area (Å²) in [5, 5.41) is 10.9. The third-order valence-electron chi connectivity index (χ3n) is 4.68. The van der Waals surface area contributed by atoms with Crippen LogP contribution in [0.3, 0.4) is 0 Å². The van der Waals surface area contributed by atoms with Crippen LogP contribution in [0.2, 0.25) is 0 Å². The van der Waals surface area contributed by atoms with E-state index in [4.69, 9.17) is 4.74 Å². The highest BCUT2D eigenvalue weighted by Crippen LogP contribution is 2.20. The van der Waals surface area contributed by atoms with Crippen molar-refractivity contribution < 1.29 is 9.53 Å². The first kappa shape index (κ1) is 18.0. The molecular formula is C20H22N6O2. The van der Waals surface area contributed by atoms with Crippen molar-refractivity contribution in [3.63, 3.8) is 0 Å². The van der Waals surface area contributed by atoms with E-state index in [-0.39, 0.29) is 12.1 Å². The quantitative estimate of drug-likeness (QED) is 0.754. The number of anilines is 1. The fraction of sp³-hybridized carbons (Fsp3) is 0.300. The molecule has 8 heteroatoms. The van der Waals surface area contributed by atoms with Crippen LogP contribution >= 0.6 is 0 Å². The summed E-state index contributed by atoms with van der Waals surface area (Å²) in [6.45, 7) is 3.37. The number of hydrogen-bond donors (Lipinski definition) is 1. The van der Waals surface area contributed by atoms with Gasteiger partial charge in [0.05, 0.1) is 24.3 Å². The van der Waals surface area contributed by atoms with Crippen LogP contribution in [0, 0.1) is 6.92 Å². The summed E-state index contributed by atoms with van der Waals surface area (Å²) >= 11 is 0. The molecule has 1 saturated heterocycles. The molecule has 4 rings (SSSR count). The molecular weight excluding hydrogens is 356 g/mol. The number of hydrogen-bond acceptors (Lipinski definition) is 5. The van der Waals surface area contributed by atoms with Gasteiger partial charge in [-0.2, -0.15) is 10.2 Å². The van der Waals surface area contributed by atoms with E-state index in [9.17, 15) is 4.79 Å². The van der Waals surface area contributed by atoms with Crippen LogP contribution in [0.4, 0.5) is 10.5 Å². The molecule has 2 aromatic heterocycles. The minimum atomic E-state index is -0.124. The number of amides is 2. The average molecular weight is 378 g/mol. The molecule has 3 heterocycles. The van der Waals surface area contributed by atoms with Gasteiger partial charge in [0, 0.05) is 25.9 Å². The van der Waals surface area contributed by atoms with E-state index in [1.807, 2.05) is 24.3 Å². The van der Waals surface area contributed by atoms with E-state index in [1.165, 1.54) is 10.4 Å². The summed E-state index contributed by atoms with van der Waals surface area (Å²) in [6.07, 6.45) is 6.53. The Bertz CT molecular complexity index is 901. The van der Waals surface area contributed by atoms with Crippen molar-refractivity contribution >= 4 is 11.7 Å². The van der Waals surface area contributed by atoms with Crippen LogP contribution in [0.1, 0.15) is 18.4 Å². The molecule has 1 fully saturated rings. The number of piperidine rings is 1. The maximum atomic E-state index is 12.5. The summed E-state index contributed by atoms with van der Waals surface area (Å²) in [7, 11) is 0. The van der Waals surface area contributed by atoms with Crippen molar-refractivity contribution in [1.29, 1.82) is 0 Å². The smallest absolute Gasteiger partial charge is 0.321 e. The van der Waals surface area contributed by atoms with Gasteiger partial charge < -0.3 is 15.0 Å². The number of carbonyl (C=O) groups is 1. The Hall–Kier alpha value is -3.42. The van der Waals surface area contributed by atoms with Gasteiger partial charge in [-0.25, -0.2) is 9.78 Å². The van der Waals surface area contributed by atoms with Crippen molar-refractivity contribution in [3.8, 4) is 11.6 Å². The third kappa shape index (κ3) is 4.28. The van der Waals surface area contributed by atoms with Crippen LogP contribution in [0.5, 0.6) is 5.75 Å². The summed E-state index contributed by atoms with van der Waals surface area (Å²) in [5.74, 6) is 1.48. The second kappa shape index (κ2) is 8.08. The molecule has 1 N–H and O–H groups in total. The number of pyridine rings is 1. The first-order valence-electron chi connectivity index (χ1n) is 9.29. The monoisotopic (exact) mass is 378 g/mol. The average Bonchev–Trinajstić information content (AvgIpc) is 3.26. The third-order valence-corrected chi connectivity index (χ3v) is 4.68. The van der Waals surface area contributed by atoms with Crippen molar-refractivity contribution in [2.45, 2.75) is 25.9 Å². The maximum Gasteiger partial charge on any atom is 0.321 e. The molecule has 1 aliphatic heterocycles. The lowest BCUT2D eigenvalue weighted by atomic mass is 10.1. The molecule has 0 unspecified atom stereocenters. The molecule has 0 atom stereocenters. The van der Waals surface area contributed by atoms with Gasteiger partial charge in [-0.1, -0.05) is 17.7 Å². The number of benzene rings is 1. The number of likely N-dealkylation sites (tertiary alicyclic amines) is 1. The molecule has 28 heavy (non-hydrogen) atoms. The van der Waals surface area contributed by atoms with Gasteiger partial charge in [-0.3, -0.25) is 0 Å². The normalized spacial score (nSPS) is 14.7. The number of rotatable bonds is 4. The van der Waals surface area contributed by atoms with Gasteiger partial charge in [-0.15, -0.1) is 4.80 Å². The molecule has 0 saturated carbocycles. The minimum Gasteiger partial charge on any atom is -0.490 e. The lowest BCUT2D eigenvalue weighted by Gasteiger charge is -2.32. The summed E-state index contributed by atoms with van der Waals surface area (Å²) in [5.41, 5.74) is 1.85. The number of ether oxygens (including phenoxy) is 1. The van der Waals surface area contributed by atoms with E-state index in [0.29, 0.717) is 24.6 Å². The van der Waals surface area contributed by atoms with Gasteiger partial charge in [0.2, 0.25) is 0 Å². The molecule has 0 spiro atoms. The first-order valence-corrected chi connectivity index (χ1v) is 9.29. The van der Waals surface area contributed by atoms with Gasteiger partial charge in [0.1, 0.15) is 11.9 Å². The Morgan fingerprint density at radius 2 is 1.79 bits per heavy atom. The highest BCUT2D eigenvalue weighted by molar-refractivity contribution is 5.89. The van der Waals surface area contributed by atoms with Gasteiger partial charge in [0.25, 0.3) is 0 Å². The predicted octanol–water partition coefficient (Wildman–Crippen LogP) is 3.05. The molecule has 3 aromatic rings. The van der Waals surface area contributed by atoms with Crippen LogP contribution in [-0.2, 0) is 0 Å². The summed E-state index contributed by atoms with van der Waals surface area (Å²) < 4.78 is 6.02. The number of aromatic nitrogens is 4. The number of carbonyl (C=O) groups excluding carboxylic acids is 1. The van der Waals surface area contributed by atoms with Crippen molar-refractivity contribution in [1.82, 2.24) is 24.9 Å².